The Morgan fingerprint density at radius 2 is 2.35 bits per heavy atom. The lowest BCUT2D eigenvalue weighted by Crippen LogP contribution is -2.47. The molecule has 0 aromatic carbocycles. The number of carbonyl (C=O) groups is 1. The topological polar surface area (TPSA) is 48.5 Å². The summed E-state index contributed by atoms with van der Waals surface area (Å²) < 4.78 is 0. The second-order valence-electron chi connectivity index (χ2n) is 6.60. The van der Waals surface area contributed by atoms with Crippen LogP contribution in [-0.2, 0) is 6.54 Å². The molecule has 128 valence electrons. The molecule has 1 aromatic rings. The third-order valence-electron chi connectivity index (χ3n) is 4.45. The number of likely N-dealkylation sites (tertiary alicyclic amines) is 1. The Kier molecular flexibility index (Phi) is 6.84. The van der Waals surface area contributed by atoms with Gasteiger partial charge in [-0.15, -0.1) is 0 Å². The first kappa shape index (κ1) is 17.7. The summed E-state index contributed by atoms with van der Waals surface area (Å²) in [5, 5.41) is 3.14. The summed E-state index contributed by atoms with van der Waals surface area (Å²) in [6, 6.07) is 4.98. The minimum absolute atomic E-state index is 0.0336. The highest BCUT2D eigenvalue weighted by Gasteiger charge is 2.27. The average molecular weight is 318 g/mol. The van der Waals surface area contributed by atoms with Crippen LogP contribution in [0.15, 0.2) is 24.5 Å². The highest BCUT2D eigenvalue weighted by atomic mass is 16.2. The van der Waals surface area contributed by atoms with Crippen LogP contribution in [0.3, 0.4) is 0 Å². The van der Waals surface area contributed by atoms with Crippen molar-refractivity contribution < 1.29 is 4.79 Å². The highest BCUT2D eigenvalue weighted by molar-refractivity contribution is 5.74. The molecule has 1 saturated heterocycles. The van der Waals surface area contributed by atoms with Gasteiger partial charge in [-0.3, -0.25) is 9.88 Å². The first-order chi connectivity index (χ1) is 11.1. The van der Waals surface area contributed by atoms with Crippen LogP contribution in [0.2, 0.25) is 0 Å². The van der Waals surface area contributed by atoms with E-state index in [4.69, 9.17) is 0 Å². The van der Waals surface area contributed by atoms with Gasteiger partial charge < -0.3 is 10.2 Å². The number of rotatable bonds is 7. The molecule has 0 spiro atoms. The Hall–Kier alpha value is -1.62. The van der Waals surface area contributed by atoms with Crippen LogP contribution in [0, 0.1) is 0 Å². The Morgan fingerprint density at radius 3 is 3.00 bits per heavy atom. The fourth-order valence-corrected chi connectivity index (χ4v) is 3.31. The number of hydrogen-bond acceptors (Lipinski definition) is 3. The van der Waals surface area contributed by atoms with Gasteiger partial charge in [0.05, 0.1) is 0 Å². The summed E-state index contributed by atoms with van der Waals surface area (Å²) in [5.41, 5.74) is 1.07. The zero-order chi connectivity index (χ0) is 16.7. The highest BCUT2D eigenvalue weighted by Crippen LogP contribution is 2.19. The molecule has 0 aliphatic carbocycles. The molecule has 5 nitrogen and oxygen atoms in total. The summed E-state index contributed by atoms with van der Waals surface area (Å²) in [6.45, 7) is 9.82. The number of carbonyl (C=O) groups excluding carboxylic acids is 1. The number of nitrogens with one attached hydrogen (secondary N) is 1. The molecule has 1 fully saturated rings. The first-order valence-electron chi connectivity index (χ1n) is 8.79. The summed E-state index contributed by atoms with van der Waals surface area (Å²) in [4.78, 5) is 21.0. The van der Waals surface area contributed by atoms with Crippen LogP contribution >= 0.6 is 0 Å². The molecule has 1 N–H and O–H groups in total. The van der Waals surface area contributed by atoms with Gasteiger partial charge in [0.15, 0.2) is 0 Å². The Balaban J connectivity index is 1.88. The molecule has 1 aliphatic heterocycles. The molecule has 2 rings (SSSR count). The molecule has 0 radical (unpaired) electrons. The summed E-state index contributed by atoms with van der Waals surface area (Å²) >= 11 is 0. The summed E-state index contributed by atoms with van der Waals surface area (Å²) in [7, 11) is 0. The largest absolute Gasteiger partial charge is 0.336 e. The fraction of sp³-hybridized carbons (Fsp3) is 0.667. The molecule has 2 amide bonds. The van der Waals surface area contributed by atoms with E-state index in [-0.39, 0.29) is 6.03 Å². The standard InChI is InChI=1S/C18H30N4O/c1-4-10-21(14-16-7-5-9-19-12-16)18(23)20-13-17-8-6-11-22(17)15(2)3/h5,7,9,12,15,17H,4,6,8,10-11,13-14H2,1-3H3,(H,20,23). The van der Waals surface area contributed by atoms with Crippen LogP contribution in [0.25, 0.3) is 0 Å². The van der Waals surface area contributed by atoms with Gasteiger partial charge in [0.2, 0.25) is 0 Å². The maximum atomic E-state index is 12.5. The molecular formula is C18H30N4O. The minimum Gasteiger partial charge on any atom is -0.336 e. The lowest BCUT2D eigenvalue weighted by atomic mass is 10.2. The number of amides is 2. The molecule has 1 aromatic heterocycles. The predicted octanol–water partition coefficient (Wildman–Crippen LogP) is 2.88. The lowest BCUT2D eigenvalue weighted by molar-refractivity contribution is 0.177. The lowest BCUT2D eigenvalue weighted by Gasteiger charge is -2.29. The van der Waals surface area contributed by atoms with E-state index in [1.807, 2.05) is 23.2 Å². The van der Waals surface area contributed by atoms with Crippen LogP contribution in [0.1, 0.15) is 45.6 Å². The smallest absolute Gasteiger partial charge is 0.317 e. The summed E-state index contributed by atoms with van der Waals surface area (Å²) in [6.07, 6.45) is 6.94. The van der Waals surface area contributed by atoms with Gasteiger partial charge in [-0.05, 0) is 51.3 Å². The molecule has 5 heteroatoms. The van der Waals surface area contributed by atoms with Gasteiger partial charge in [-0.25, -0.2) is 4.79 Å². The van der Waals surface area contributed by atoms with Gasteiger partial charge in [-0.2, -0.15) is 0 Å². The van der Waals surface area contributed by atoms with E-state index < -0.39 is 0 Å². The number of nitrogens with zero attached hydrogens (tertiary/aromatic N) is 3. The van der Waals surface area contributed by atoms with Crippen LogP contribution in [0.4, 0.5) is 4.79 Å². The van der Waals surface area contributed by atoms with Crippen molar-refractivity contribution in [3.63, 3.8) is 0 Å². The maximum Gasteiger partial charge on any atom is 0.317 e. The van der Waals surface area contributed by atoms with Gasteiger partial charge in [0.1, 0.15) is 0 Å². The van der Waals surface area contributed by atoms with E-state index >= 15 is 0 Å². The number of hydrogen-bond donors (Lipinski definition) is 1. The van der Waals surface area contributed by atoms with E-state index in [2.05, 4.69) is 36.0 Å². The minimum atomic E-state index is 0.0336. The average Bonchev–Trinajstić information content (AvgIpc) is 3.02. The molecule has 1 unspecified atom stereocenters. The zero-order valence-electron chi connectivity index (χ0n) is 14.7. The molecule has 0 bridgehead atoms. The second-order valence-corrected chi connectivity index (χ2v) is 6.60. The molecule has 2 heterocycles. The van der Waals surface area contributed by atoms with E-state index in [9.17, 15) is 4.79 Å². The van der Waals surface area contributed by atoms with Gasteiger partial charge in [0.25, 0.3) is 0 Å². The molecule has 23 heavy (non-hydrogen) atoms. The van der Waals surface area contributed by atoms with Gasteiger partial charge >= 0.3 is 6.03 Å². The number of pyridine rings is 1. The third kappa shape index (κ3) is 5.20. The fourth-order valence-electron chi connectivity index (χ4n) is 3.31. The van der Waals surface area contributed by atoms with Crippen molar-refractivity contribution in [2.75, 3.05) is 19.6 Å². The molecule has 1 aliphatic rings. The molecular weight excluding hydrogens is 288 g/mol. The van der Waals surface area contributed by atoms with Crippen molar-refractivity contribution >= 4 is 6.03 Å². The number of aromatic nitrogens is 1. The third-order valence-corrected chi connectivity index (χ3v) is 4.45. The van der Waals surface area contributed by atoms with Gasteiger partial charge in [-0.1, -0.05) is 13.0 Å². The van der Waals surface area contributed by atoms with Crippen molar-refractivity contribution in [2.45, 2.75) is 58.7 Å². The quantitative estimate of drug-likeness (QED) is 0.841. The maximum absolute atomic E-state index is 12.5. The summed E-state index contributed by atoms with van der Waals surface area (Å²) in [5.74, 6) is 0. The predicted molar refractivity (Wildman–Crippen MR) is 93.2 cm³/mol. The van der Waals surface area contributed by atoms with Gasteiger partial charge in [0, 0.05) is 44.1 Å². The Morgan fingerprint density at radius 1 is 1.52 bits per heavy atom. The van der Waals surface area contributed by atoms with Crippen molar-refractivity contribution in [1.82, 2.24) is 20.1 Å². The monoisotopic (exact) mass is 318 g/mol. The Bertz CT molecular complexity index is 477. The van der Waals surface area contributed by atoms with E-state index in [0.717, 1.165) is 31.6 Å². The normalized spacial score (nSPS) is 18.3. The first-order valence-corrected chi connectivity index (χ1v) is 8.79. The van der Waals surface area contributed by atoms with Crippen molar-refractivity contribution in [2.24, 2.45) is 0 Å². The van der Waals surface area contributed by atoms with Crippen molar-refractivity contribution in [3.05, 3.63) is 30.1 Å². The van der Waals surface area contributed by atoms with E-state index in [1.165, 1.54) is 12.8 Å². The second kappa shape index (κ2) is 8.87. The SMILES string of the molecule is CCCN(Cc1cccnc1)C(=O)NCC1CCCN1C(C)C. The molecule has 1 atom stereocenters. The van der Waals surface area contributed by atoms with Crippen molar-refractivity contribution in [1.29, 1.82) is 0 Å². The van der Waals surface area contributed by atoms with Crippen LogP contribution in [0.5, 0.6) is 0 Å². The van der Waals surface area contributed by atoms with E-state index in [1.54, 1.807) is 6.20 Å². The zero-order valence-corrected chi connectivity index (χ0v) is 14.7. The van der Waals surface area contributed by atoms with Crippen LogP contribution in [-0.4, -0.2) is 52.5 Å². The Labute approximate surface area is 140 Å². The number of urea groups is 1. The van der Waals surface area contributed by atoms with E-state index in [0.29, 0.717) is 18.6 Å². The van der Waals surface area contributed by atoms with Crippen LogP contribution < -0.4 is 5.32 Å². The molecule has 0 saturated carbocycles. The van der Waals surface area contributed by atoms with Crippen molar-refractivity contribution in [3.8, 4) is 0 Å².